The van der Waals surface area contributed by atoms with Crippen LogP contribution in [0.5, 0.6) is 5.75 Å². The molecule has 148 valence electrons. The highest BCUT2D eigenvalue weighted by atomic mass is 19.1. The molecule has 0 unspecified atom stereocenters. The van der Waals surface area contributed by atoms with Crippen molar-refractivity contribution in [3.8, 4) is 5.75 Å². The van der Waals surface area contributed by atoms with E-state index in [9.17, 15) is 13.6 Å². The molecule has 3 aromatic carbocycles. The molecule has 29 heavy (non-hydrogen) atoms. The summed E-state index contributed by atoms with van der Waals surface area (Å²) in [6, 6.07) is 19.5. The third-order valence-corrected chi connectivity index (χ3v) is 5.58. The van der Waals surface area contributed by atoms with Crippen molar-refractivity contribution in [2.75, 3.05) is 7.11 Å². The maximum absolute atomic E-state index is 13.7. The van der Waals surface area contributed by atoms with Crippen LogP contribution < -0.4 is 4.74 Å². The fourth-order valence-electron chi connectivity index (χ4n) is 4.27. The van der Waals surface area contributed by atoms with Gasteiger partial charge in [0.15, 0.2) is 5.60 Å². The largest absolute Gasteiger partial charge is 0.477 e. The minimum Gasteiger partial charge on any atom is -0.477 e. The molecule has 0 spiro atoms. The molecule has 2 atom stereocenters. The first-order valence-corrected chi connectivity index (χ1v) is 9.35. The van der Waals surface area contributed by atoms with Crippen molar-refractivity contribution in [3.63, 3.8) is 0 Å². The zero-order chi connectivity index (χ0) is 20.6. The van der Waals surface area contributed by atoms with Gasteiger partial charge in [-0.05, 0) is 30.3 Å². The molecule has 3 nitrogen and oxygen atoms in total. The Morgan fingerprint density at radius 2 is 1.45 bits per heavy atom. The molecule has 0 aliphatic carbocycles. The minimum atomic E-state index is -1.14. The number of esters is 1. The Labute approximate surface area is 167 Å². The first kappa shape index (κ1) is 19.1. The number of benzene rings is 3. The molecule has 0 aromatic heterocycles. The Bertz CT molecular complexity index is 983. The molecule has 1 aliphatic rings. The fraction of sp³-hybridized carbons (Fsp3) is 0.208. The summed E-state index contributed by atoms with van der Waals surface area (Å²) in [6.45, 7) is 1.78. The molecule has 0 bridgehead atoms. The van der Waals surface area contributed by atoms with Gasteiger partial charge in [-0.1, -0.05) is 49.4 Å². The van der Waals surface area contributed by atoms with Gasteiger partial charge in [-0.15, -0.1) is 0 Å². The van der Waals surface area contributed by atoms with Crippen LogP contribution in [0.1, 0.15) is 29.5 Å². The molecule has 1 aliphatic heterocycles. The number of fused-ring (bicyclic) bond motifs is 1. The molecule has 0 saturated heterocycles. The maximum Gasteiger partial charge on any atom is 0.309 e. The van der Waals surface area contributed by atoms with Crippen molar-refractivity contribution in [3.05, 3.63) is 101 Å². The molecule has 0 saturated carbocycles. The quantitative estimate of drug-likeness (QED) is 0.571. The molecule has 5 heteroatoms. The van der Waals surface area contributed by atoms with Crippen molar-refractivity contribution in [1.29, 1.82) is 0 Å². The lowest BCUT2D eigenvalue weighted by Gasteiger charge is -2.38. The summed E-state index contributed by atoms with van der Waals surface area (Å²) >= 11 is 0. The number of methoxy groups -OCH3 is 1. The van der Waals surface area contributed by atoms with Gasteiger partial charge in [0, 0.05) is 22.6 Å². The van der Waals surface area contributed by atoms with E-state index >= 15 is 0 Å². The van der Waals surface area contributed by atoms with Crippen molar-refractivity contribution in [1.82, 2.24) is 0 Å². The number of hydrogen-bond donors (Lipinski definition) is 0. The molecule has 0 amide bonds. The summed E-state index contributed by atoms with van der Waals surface area (Å²) in [5.74, 6) is -1.54. The predicted octanol–water partition coefficient (Wildman–Crippen LogP) is 5.19. The van der Waals surface area contributed by atoms with E-state index in [0.29, 0.717) is 16.9 Å². The van der Waals surface area contributed by atoms with Crippen LogP contribution >= 0.6 is 0 Å². The van der Waals surface area contributed by atoms with Crippen LogP contribution in [0.15, 0.2) is 72.8 Å². The van der Waals surface area contributed by atoms with Crippen LogP contribution in [-0.4, -0.2) is 13.1 Å². The van der Waals surface area contributed by atoms with Crippen LogP contribution in [0.2, 0.25) is 0 Å². The van der Waals surface area contributed by atoms with Crippen LogP contribution in [0, 0.1) is 17.6 Å². The standard InChI is InChI=1S/C24H20F2O3/c1-15(23(27)28-2)22-20-5-3-4-6-21(20)29-24(22,16-7-11-18(25)12-8-16)17-9-13-19(26)14-10-17/h3-15,22H,1-2H3/t15-,22+/m1/s1. The molecular weight excluding hydrogens is 374 g/mol. The van der Waals surface area contributed by atoms with E-state index in [1.165, 1.54) is 31.4 Å². The Morgan fingerprint density at radius 3 is 1.97 bits per heavy atom. The first-order chi connectivity index (χ1) is 14.0. The average molecular weight is 394 g/mol. The van der Waals surface area contributed by atoms with Crippen LogP contribution in [-0.2, 0) is 15.1 Å². The summed E-state index contributed by atoms with van der Waals surface area (Å²) in [5.41, 5.74) is 1.04. The summed E-state index contributed by atoms with van der Waals surface area (Å²) < 4.78 is 38.9. The van der Waals surface area contributed by atoms with Crippen molar-refractivity contribution in [2.24, 2.45) is 5.92 Å². The minimum absolute atomic E-state index is 0.379. The second-order valence-electron chi connectivity index (χ2n) is 7.18. The van der Waals surface area contributed by atoms with E-state index in [-0.39, 0.29) is 17.6 Å². The Balaban J connectivity index is 2.01. The van der Waals surface area contributed by atoms with E-state index < -0.39 is 17.4 Å². The van der Waals surface area contributed by atoms with E-state index in [4.69, 9.17) is 9.47 Å². The zero-order valence-corrected chi connectivity index (χ0v) is 16.1. The molecule has 3 aromatic rings. The lowest BCUT2D eigenvalue weighted by Crippen LogP contribution is -2.41. The third kappa shape index (κ3) is 3.07. The van der Waals surface area contributed by atoms with E-state index in [1.807, 2.05) is 24.3 Å². The van der Waals surface area contributed by atoms with Gasteiger partial charge in [0.1, 0.15) is 17.4 Å². The highest BCUT2D eigenvalue weighted by Crippen LogP contribution is 2.57. The molecule has 4 rings (SSSR count). The van der Waals surface area contributed by atoms with Crippen LogP contribution in [0.4, 0.5) is 8.78 Å². The number of hydrogen-bond acceptors (Lipinski definition) is 3. The topological polar surface area (TPSA) is 35.5 Å². The van der Waals surface area contributed by atoms with Gasteiger partial charge >= 0.3 is 5.97 Å². The fourth-order valence-corrected chi connectivity index (χ4v) is 4.27. The molecule has 0 fully saturated rings. The summed E-state index contributed by atoms with van der Waals surface area (Å²) in [6.07, 6.45) is 0. The van der Waals surface area contributed by atoms with E-state index in [2.05, 4.69) is 0 Å². The molecule has 0 N–H and O–H groups in total. The monoisotopic (exact) mass is 394 g/mol. The lowest BCUT2D eigenvalue weighted by molar-refractivity contribution is -0.147. The van der Waals surface area contributed by atoms with Gasteiger partial charge in [0.2, 0.25) is 0 Å². The number of carbonyl (C=O) groups excluding carboxylic acids is 1. The number of para-hydroxylation sites is 1. The van der Waals surface area contributed by atoms with Crippen LogP contribution in [0.3, 0.4) is 0 Å². The number of carbonyl (C=O) groups is 1. The van der Waals surface area contributed by atoms with Gasteiger partial charge in [-0.25, -0.2) is 8.78 Å². The van der Waals surface area contributed by atoms with Crippen molar-refractivity contribution >= 4 is 5.97 Å². The normalized spacial score (nSPS) is 17.9. The lowest BCUT2D eigenvalue weighted by atomic mass is 9.69. The number of rotatable bonds is 4. The second-order valence-corrected chi connectivity index (χ2v) is 7.18. The Hall–Kier alpha value is -3.21. The number of ether oxygens (including phenoxy) is 2. The van der Waals surface area contributed by atoms with Crippen LogP contribution in [0.25, 0.3) is 0 Å². The Kier molecular flexibility index (Phi) is 4.82. The maximum atomic E-state index is 13.7. The van der Waals surface area contributed by atoms with Gasteiger partial charge in [0.05, 0.1) is 13.0 Å². The summed E-state index contributed by atoms with van der Waals surface area (Å²) in [7, 11) is 1.35. The summed E-state index contributed by atoms with van der Waals surface area (Å²) in [4.78, 5) is 12.6. The first-order valence-electron chi connectivity index (χ1n) is 9.35. The average Bonchev–Trinajstić information content (AvgIpc) is 3.09. The molecule has 1 heterocycles. The van der Waals surface area contributed by atoms with Gasteiger partial charge in [0.25, 0.3) is 0 Å². The SMILES string of the molecule is COC(=O)[C@H](C)[C@H]1c2ccccc2OC1(c1ccc(F)cc1)c1ccc(F)cc1. The highest BCUT2D eigenvalue weighted by Gasteiger charge is 2.54. The van der Waals surface area contributed by atoms with Crippen molar-refractivity contribution < 1.29 is 23.0 Å². The smallest absolute Gasteiger partial charge is 0.309 e. The van der Waals surface area contributed by atoms with E-state index in [0.717, 1.165) is 5.56 Å². The van der Waals surface area contributed by atoms with Gasteiger partial charge < -0.3 is 9.47 Å². The van der Waals surface area contributed by atoms with Crippen molar-refractivity contribution in [2.45, 2.75) is 18.4 Å². The third-order valence-electron chi connectivity index (χ3n) is 5.58. The molecule has 0 radical (unpaired) electrons. The second kappa shape index (κ2) is 7.32. The zero-order valence-electron chi connectivity index (χ0n) is 16.1. The summed E-state index contributed by atoms with van der Waals surface area (Å²) in [5, 5.41) is 0. The predicted molar refractivity (Wildman–Crippen MR) is 105 cm³/mol. The Morgan fingerprint density at radius 1 is 0.931 bits per heavy atom. The van der Waals surface area contributed by atoms with E-state index in [1.54, 1.807) is 31.2 Å². The van der Waals surface area contributed by atoms with Gasteiger partial charge in [-0.2, -0.15) is 0 Å². The number of halogens is 2. The molecular formula is C24H20F2O3. The van der Waals surface area contributed by atoms with Gasteiger partial charge in [-0.3, -0.25) is 4.79 Å². The highest BCUT2D eigenvalue weighted by molar-refractivity contribution is 5.75.